The minimum atomic E-state index is -0.870. The summed E-state index contributed by atoms with van der Waals surface area (Å²) >= 11 is 0. The molecule has 2 unspecified atom stereocenters. The minimum Gasteiger partial charge on any atom is -0.481 e. The first-order valence-electron chi connectivity index (χ1n) is 8.89. The molecular weight excluding hydrogens is 328 g/mol. The van der Waals surface area contributed by atoms with Gasteiger partial charge in [0.05, 0.1) is 11.8 Å². The van der Waals surface area contributed by atoms with E-state index in [-0.39, 0.29) is 37.7 Å². The van der Waals surface area contributed by atoms with E-state index in [1.807, 2.05) is 0 Å². The highest BCUT2D eigenvalue weighted by atomic mass is 16.4. The molecule has 0 saturated carbocycles. The minimum absolute atomic E-state index is 0.110. The molecule has 0 aromatic carbocycles. The number of carbonyl (C=O) groups is 4. The van der Waals surface area contributed by atoms with Gasteiger partial charge in [-0.15, -0.1) is 0 Å². The van der Waals surface area contributed by atoms with Gasteiger partial charge in [0, 0.05) is 39.0 Å². The molecule has 0 bridgehead atoms. The van der Waals surface area contributed by atoms with Gasteiger partial charge < -0.3 is 20.0 Å². The summed E-state index contributed by atoms with van der Waals surface area (Å²) in [5.41, 5.74) is 0. The first kappa shape index (κ1) is 19.2. The van der Waals surface area contributed by atoms with Crippen LogP contribution in [0.3, 0.4) is 0 Å². The number of rotatable bonds is 6. The Labute approximate surface area is 146 Å². The number of nitrogens with zero attached hydrogens (tertiary/aromatic N) is 2. The fraction of sp³-hybridized carbons (Fsp3) is 0.765. The quantitative estimate of drug-likeness (QED) is 0.729. The topological polar surface area (TPSA) is 115 Å². The fourth-order valence-electron chi connectivity index (χ4n) is 3.52. The fourth-order valence-corrected chi connectivity index (χ4v) is 3.52. The van der Waals surface area contributed by atoms with Crippen molar-refractivity contribution in [3.8, 4) is 0 Å². The smallest absolute Gasteiger partial charge is 0.308 e. The van der Waals surface area contributed by atoms with E-state index in [2.05, 4.69) is 0 Å². The summed E-state index contributed by atoms with van der Waals surface area (Å²) < 4.78 is 0. The van der Waals surface area contributed by atoms with Gasteiger partial charge in [-0.3, -0.25) is 19.2 Å². The zero-order valence-electron chi connectivity index (χ0n) is 14.4. The Kier molecular flexibility index (Phi) is 6.78. The summed E-state index contributed by atoms with van der Waals surface area (Å²) in [5, 5.41) is 18.1. The maximum atomic E-state index is 12.2. The van der Waals surface area contributed by atoms with Crippen LogP contribution in [0.15, 0.2) is 0 Å². The maximum absolute atomic E-state index is 12.2. The molecule has 140 valence electrons. The second-order valence-electron chi connectivity index (χ2n) is 6.89. The van der Waals surface area contributed by atoms with E-state index < -0.39 is 23.8 Å². The Morgan fingerprint density at radius 2 is 1.16 bits per heavy atom. The van der Waals surface area contributed by atoms with Crippen molar-refractivity contribution in [2.24, 2.45) is 11.8 Å². The van der Waals surface area contributed by atoms with E-state index in [1.165, 1.54) is 0 Å². The molecular formula is C17H26N2O6. The van der Waals surface area contributed by atoms with Gasteiger partial charge >= 0.3 is 11.9 Å². The molecule has 2 fully saturated rings. The number of carboxylic acids is 2. The zero-order chi connectivity index (χ0) is 18.4. The van der Waals surface area contributed by atoms with Crippen molar-refractivity contribution in [3.63, 3.8) is 0 Å². The van der Waals surface area contributed by atoms with Crippen molar-refractivity contribution >= 4 is 23.8 Å². The normalized spacial score (nSPS) is 24.0. The number of aliphatic carboxylic acids is 2. The zero-order valence-corrected chi connectivity index (χ0v) is 14.4. The number of piperidine rings is 2. The molecule has 2 N–H and O–H groups in total. The molecule has 0 aliphatic carbocycles. The van der Waals surface area contributed by atoms with Crippen LogP contribution < -0.4 is 0 Å². The van der Waals surface area contributed by atoms with E-state index >= 15 is 0 Å². The van der Waals surface area contributed by atoms with Crippen LogP contribution in [0.4, 0.5) is 0 Å². The summed E-state index contributed by atoms with van der Waals surface area (Å²) in [6, 6.07) is 0. The van der Waals surface area contributed by atoms with Crippen molar-refractivity contribution < 1.29 is 29.4 Å². The van der Waals surface area contributed by atoms with Crippen molar-refractivity contribution in [2.45, 2.75) is 44.9 Å². The highest BCUT2D eigenvalue weighted by Gasteiger charge is 2.29. The highest BCUT2D eigenvalue weighted by molar-refractivity contribution is 5.80. The third-order valence-corrected chi connectivity index (χ3v) is 5.03. The van der Waals surface area contributed by atoms with Crippen LogP contribution >= 0.6 is 0 Å². The molecule has 2 atom stereocenters. The van der Waals surface area contributed by atoms with E-state index in [0.29, 0.717) is 45.2 Å². The van der Waals surface area contributed by atoms with Crippen molar-refractivity contribution in [3.05, 3.63) is 0 Å². The second kappa shape index (κ2) is 8.82. The predicted molar refractivity (Wildman–Crippen MR) is 87.7 cm³/mol. The molecule has 2 rings (SSSR count). The standard InChI is InChI=1S/C17H26N2O6/c20-14(18-8-2-4-12(10-18)16(22)23)6-1-7-15(21)19-9-3-5-13(11-19)17(24)25/h12-13H,1-11H2,(H,22,23)(H,24,25). The molecule has 0 aromatic heterocycles. The Morgan fingerprint density at radius 3 is 1.52 bits per heavy atom. The van der Waals surface area contributed by atoms with Gasteiger partial charge in [0.2, 0.25) is 11.8 Å². The van der Waals surface area contributed by atoms with Crippen molar-refractivity contribution in [2.75, 3.05) is 26.2 Å². The monoisotopic (exact) mass is 354 g/mol. The molecule has 2 aliphatic rings. The number of carboxylic acid groups (broad SMARTS) is 2. The molecule has 8 heteroatoms. The average molecular weight is 354 g/mol. The lowest BCUT2D eigenvalue weighted by molar-refractivity contribution is -0.146. The third-order valence-electron chi connectivity index (χ3n) is 5.03. The third kappa shape index (κ3) is 5.44. The van der Waals surface area contributed by atoms with Gasteiger partial charge in [0.1, 0.15) is 0 Å². The highest BCUT2D eigenvalue weighted by Crippen LogP contribution is 2.20. The number of hydrogen-bond acceptors (Lipinski definition) is 4. The lowest BCUT2D eigenvalue weighted by Crippen LogP contribution is -2.43. The average Bonchev–Trinajstić information content (AvgIpc) is 2.61. The Hall–Kier alpha value is -2.12. The number of carbonyl (C=O) groups excluding carboxylic acids is 2. The van der Waals surface area contributed by atoms with Gasteiger partial charge in [-0.1, -0.05) is 0 Å². The summed E-state index contributed by atoms with van der Waals surface area (Å²) in [7, 11) is 0. The van der Waals surface area contributed by atoms with Crippen molar-refractivity contribution in [1.29, 1.82) is 0 Å². The molecule has 2 amide bonds. The lowest BCUT2D eigenvalue weighted by atomic mass is 9.97. The van der Waals surface area contributed by atoms with Crippen LogP contribution in [0.2, 0.25) is 0 Å². The van der Waals surface area contributed by atoms with E-state index in [4.69, 9.17) is 10.2 Å². The maximum Gasteiger partial charge on any atom is 0.308 e. The molecule has 2 saturated heterocycles. The predicted octanol–water partition coefficient (Wildman–Crippen LogP) is 0.803. The Balaban J connectivity index is 1.72. The molecule has 8 nitrogen and oxygen atoms in total. The largest absolute Gasteiger partial charge is 0.481 e. The van der Waals surface area contributed by atoms with Gasteiger partial charge in [-0.05, 0) is 32.1 Å². The van der Waals surface area contributed by atoms with Crippen LogP contribution in [-0.2, 0) is 19.2 Å². The Morgan fingerprint density at radius 1 is 0.760 bits per heavy atom. The first-order chi connectivity index (χ1) is 11.9. The van der Waals surface area contributed by atoms with E-state index in [1.54, 1.807) is 9.80 Å². The molecule has 2 aliphatic heterocycles. The van der Waals surface area contributed by atoms with Crippen LogP contribution in [0.25, 0.3) is 0 Å². The SMILES string of the molecule is O=C(O)C1CCCN(C(=O)CCCC(=O)N2CCCC(C(=O)O)C2)C1. The number of likely N-dealkylation sites (tertiary alicyclic amines) is 2. The summed E-state index contributed by atoms with van der Waals surface area (Å²) in [6.45, 7) is 1.63. The molecule has 0 aromatic rings. The van der Waals surface area contributed by atoms with E-state index in [9.17, 15) is 19.2 Å². The number of amides is 2. The summed E-state index contributed by atoms with van der Waals surface area (Å²) in [6.07, 6.45) is 3.40. The first-order valence-corrected chi connectivity index (χ1v) is 8.89. The Bertz CT molecular complexity index is 489. The van der Waals surface area contributed by atoms with Crippen LogP contribution in [0, 0.1) is 11.8 Å². The second-order valence-corrected chi connectivity index (χ2v) is 6.89. The molecule has 2 heterocycles. The van der Waals surface area contributed by atoms with Gasteiger partial charge in [-0.25, -0.2) is 0 Å². The molecule has 0 spiro atoms. The van der Waals surface area contributed by atoms with Crippen LogP contribution in [-0.4, -0.2) is 69.9 Å². The van der Waals surface area contributed by atoms with Crippen LogP contribution in [0.5, 0.6) is 0 Å². The van der Waals surface area contributed by atoms with Gasteiger partial charge in [0.15, 0.2) is 0 Å². The van der Waals surface area contributed by atoms with Crippen LogP contribution in [0.1, 0.15) is 44.9 Å². The molecule has 25 heavy (non-hydrogen) atoms. The van der Waals surface area contributed by atoms with E-state index in [0.717, 1.165) is 0 Å². The van der Waals surface area contributed by atoms with Crippen molar-refractivity contribution in [1.82, 2.24) is 9.80 Å². The summed E-state index contributed by atoms with van der Waals surface area (Å²) in [4.78, 5) is 49.6. The summed E-state index contributed by atoms with van der Waals surface area (Å²) in [5.74, 6) is -2.96. The lowest BCUT2D eigenvalue weighted by Gasteiger charge is -2.31. The van der Waals surface area contributed by atoms with Gasteiger partial charge in [-0.2, -0.15) is 0 Å². The number of hydrogen-bond donors (Lipinski definition) is 2. The molecule has 0 radical (unpaired) electrons. The van der Waals surface area contributed by atoms with Gasteiger partial charge in [0.25, 0.3) is 0 Å².